The third kappa shape index (κ3) is 6.08. The molecule has 144 valence electrons. The number of halogens is 1. The van der Waals surface area contributed by atoms with E-state index >= 15 is 0 Å². The Balaban J connectivity index is 0.00000261. The molecule has 0 aliphatic carbocycles. The van der Waals surface area contributed by atoms with E-state index in [0.29, 0.717) is 18.0 Å². The van der Waals surface area contributed by atoms with Gasteiger partial charge in [0, 0.05) is 23.7 Å². The van der Waals surface area contributed by atoms with Crippen molar-refractivity contribution < 1.29 is 9.59 Å². The van der Waals surface area contributed by atoms with Crippen molar-refractivity contribution >= 4 is 29.9 Å². The summed E-state index contributed by atoms with van der Waals surface area (Å²) < 4.78 is 0. The van der Waals surface area contributed by atoms with Crippen LogP contribution in [-0.2, 0) is 4.79 Å². The van der Waals surface area contributed by atoms with E-state index in [2.05, 4.69) is 16.0 Å². The average molecular weight is 388 g/mol. The summed E-state index contributed by atoms with van der Waals surface area (Å²) in [6.07, 6.45) is 2.70. The highest BCUT2D eigenvalue weighted by atomic mass is 35.5. The van der Waals surface area contributed by atoms with Crippen LogP contribution in [-0.4, -0.2) is 24.4 Å². The van der Waals surface area contributed by atoms with Crippen molar-refractivity contribution in [1.82, 2.24) is 10.6 Å². The zero-order valence-corrected chi connectivity index (χ0v) is 16.2. The molecule has 1 saturated heterocycles. The molecule has 6 heteroatoms. The highest BCUT2D eigenvalue weighted by molar-refractivity contribution is 6.04. The van der Waals surface area contributed by atoms with E-state index in [1.54, 1.807) is 12.1 Å². The van der Waals surface area contributed by atoms with Crippen LogP contribution >= 0.6 is 12.4 Å². The van der Waals surface area contributed by atoms with Crippen molar-refractivity contribution in [3.05, 3.63) is 65.7 Å². The first-order valence-corrected chi connectivity index (χ1v) is 9.11. The van der Waals surface area contributed by atoms with E-state index in [0.717, 1.165) is 30.6 Å². The standard InChI is InChI=1S/C21H25N3O2.ClH/c1-15(23-20(25)14-18-11-6-12-22-18)17-9-5-10-19(13-17)24-21(26)16-7-3-2-4-8-16;/h2-5,7-10,13,15,18,22H,6,11-12,14H2,1H3,(H,23,25)(H,24,26);1H. The molecule has 2 unspecified atom stereocenters. The molecule has 0 radical (unpaired) electrons. The van der Waals surface area contributed by atoms with Crippen LogP contribution in [0.3, 0.4) is 0 Å². The van der Waals surface area contributed by atoms with Gasteiger partial charge in [-0.15, -0.1) is 12.4 Å². The molecule has 3 rings (SSSR count). The van der Waals surface area contributed by atoms with Crippen LogP contribution in [0.2, 0.25) is 0 Å². The summed E-state index contributed by atoms with van der Waals surface area (Å²) in [6.45, 7) is 2.95. The Kier molecular flexibility index (Phi) is 7.82. The molecule has 1 heterocycles. The summed E-state index contributed by atoms with van der Waals surface area (Å²) in [6, 6.07) is 16.9. The zero-order chi connectivity index (χ0) is 18.4. The van der Waals surface area contributed by atoms with Gasteiger partial charge in [-0.25, -0.2) is 0 Å². The molecule has 1 aliphatic heterocycles. The first-order valence-electron chi connectivity index (χ1n) is 9.11. The first-order chi connectivity index (χ1) is 12.6. The Morgan fingerprint density at radius 2 is 1.93 bits per heavy atom. The highest BCUT2D eigenvalue weighted by Crippen LogP contribution is 2.19. The van der Waals surface area contributed by atoms with Crippen LogP contribution in [0.1, 0.15) is 48.1 Å². The van der Waals surface area contributed by atoms with Crippen molar-refractivity contribution in [2.24, 2.45) is 0 Å². The molecule has 2 atom stereocenters. The fourth-order valence-electron chi connectivity index (χ4n) is 3.22. The molecule has 2 aromatic carbocycles. The fraction of sp³-hybridized carbons (Fsp3) is 0.333. The molecule has 1 aliphatic rings. The normalized spacial score (nSPS) is 16.9. The topological polar surface area (TPSA) is 70.2 Å². The van der Waals surface area contributed by atoms with Gasteiger partial charge in [-0.3, -0.25) is 9.59 Å². The SMILES string of the molecule is CC(NC(=O)CC1CCCN1)c1cccc(NC(=O)c2ccccc2)c1.Cl. The van der Waals surface area contributed by atoms with E-state index in [4.69, 9.17) is 0 Å². The van der Waals surface area contributed by atoms with Crippen molar-refractivity contribution in [3.8, 4) is 0 Å². The molecular weight excluding hydrogens is 362 g/mol. The number of anilines is 1. The minimum absolute atomic E-state index is 0. The Hall–Kier alpha value is -2.37. The third-order valence-electron chi connectivity index (χ3n) is 4.65. The second-order valence-electron chi connectivity index (χ2n) is 6.73. The lowest BCUT2D eigenvalue weighted by Crippen LogP contribution is -2.33. The van der Waals surface area contributed by atoms with Gasteiger partial charge in [0.05, 0.1) is 6.04 Å². The molecule has 0 bridgehead atoms. The quantitative estimate of drug-likeness (QED) is 0.708. The van der Waals surface area contributed by atoms with Gasteiger partial charge in [-0.1, -0.05) is 30.3 Å². The third-order valence-corrected chi connectivity index (χ3v) is 4.65. The van der Waals surface area contributed by atoms with Crippen LogP contribution in [0.15, 0.2) is 54.6 Å². The number of rotatable bonds is 6. The summed E-state index contributed by atoms with van der Waals surface area (Å²) in [5.74, 6) is -0.0950. The predicted molar refractivity (Wildman–Crippen MR) is 110 cm³/mol. The number of nitrogens with one attached hydrogen (secondary N) is 3. The monoisotopic (exact) mass is 387 g/mol. The fourth-order valence-corrected chi connectivity index (χ4v) is 3.22. The largest absolute Gasteiger partial charge is 0.350 e. The van der Waals surface area contributed by atoms with E-state index in [1.165, 1.54) is 0 Å². The molecule has 5 nitrogen and oxygen atoms in total. The number of carbonyl (C=O) groups is 2. The van der Waals surface area contributed by atoms with Gasteiger partial charge >= 0.3 is 0 Å². The zero-order valence-electron chi connectivity index (χ0n) is 15.4. The lowest BCUT2D eigenvalue weighted by Gasteiger charge is -2.17. The summed E-state index contributed by atoms with van der Waals surface area (Å²) >= 11 is 0. The number of benzene rings is 2. The number of carbonyl (C=O) groups excluding carboxylic acids is 2. The maximum atomic E-state index is 12.3. The van der Waals surface area contributed by atoms with Gasteiger partial charge in [0.15, 0.2) is 0 Å². The molecule has 0 saturated carbocycles. The molecule has 1 fully saturated rings. The average Bonchev–Trinajstić information content (AvgIpc) is 3.15. The van der Waals surface area contributed by atoms with Gasteiger partial charge in [0.1, 0.15) is 0 Å². The molecular formula is C21H26ClN3O2. The minimum atomic E-state index is -0.147. The molecule has 0 aromatic heterocycles. The summed E-state index contributed by atoms with van der Waals surface area (Å²) in [5.41, 5.74) is 2.29. The van der Waals surface area contributed by atoms with Crippen LogP contribution in [0.4, 0.5) is 5.69 Å². The van der Waals surface area contributed by atoms with Gasteiger partial charge < -0.3 is 16.0 Å². The van der Waals surface area contributed by atoms with E-state index in [-0.39, 0.29) is 30.3 Å². The maximum Gasteiger partial charge on any atom is 0.255 e. The number of hydrogen-bond acceptors (Lipinski definition) is 3. The lowest BCUT2D eigenvalue weighted by molar-refractivity contribution is -0.122. The Morgan fingerprint density at radius 1 is 1.15 bits per heavy atom. The Labute approximate surface area is 166 Å². The van der Waals surface area contributed by atoms with Crippen molar-refractivity contribution in [2.75, 3.05) is 11.9 Å². The Bertz CT molecular complexity index is 761. The van der Waals surface area contributed by atoms with E-state index in [1.807, 2.05) is 49.4 Å². The van der Waals surface area contributed by atoms with Crippen molar-refractivity contribution in [3.63, 3.8) is 0 Å². The van der Waals surface area contributed by atoms with Crippen LogP contribution in [0.5, 0.6) is 0 Å². The molecule has 2 amide bonds. The van der Waals surface area contributed by atoms with E-state index < -0.39 is 0 Å². The molecule has 27 heavy (non-hydrogen) atoms. The van der Waals surface area contributed by atoms with Gasteiger partial charge in [0.2, 0.25) is 5.91 Å². The van der Waals surface area contributed by atoms with E-state index in [9.17, 15) is 9.59 Å². The smallest absolute Gasteiger partial charge is 0.255 e. The van der Waals surface area contributed by atoms with Gasteiger partial charge in [-0.05, 0) is 56.1 Å². The van der Waals surface area contributed by atoms with Crippen LogP contribution < -0.4 is 16.0 Å². The van der Waals surface area contributed by atoms with Crippen LogP contribution in [0, 0.1) is 0 Å². The molecule has 2 aromatic rings. The first kappa shape index (κ1) is 20.9. The van der Waals surface area contributed by atoms with Crippen molar-refractivity contribution in [2.45, 2.75) is 38.3 Å². The second-order valence-corrected chi connectivity index (χ2v) is 6.73. The summed E-state index contributed by atoms with van der Waals surface area (Å²) in [5, 5.41) is 9.29. The second kappa shape index (κ2) is 10.1. The predicted octanol–water partition coefficient (Wildman–Crippen LogP) is 3.68. The molecule has 0 spiro atoms. The number of hydrogen-bond donors (Lipinski definition) is 3. The lowest BCUT2D eigenvalue weighted by atomic mass is 10.1. The Morgan fingerprint density at radius 3 is 2.63 bits per heavy atom. The summed E-state index contributed by atoms with van der Waals surface area (Å²) in [4.78, 5) is 24.5. The minimum Gasteiger partial charge on any atom is -0.350 e. The van der Waals surface area contributed by atoms with Crippen LogP contribution in [0.25, 0.3) is 0 Å². The summed E-state index contributed by atoms with van der Waals surface area (Å²) in [7, 11) is 0. The number of amides is 2. The van der Waals surface area contributed by atoms with Gasteiger partial charge in [-0.2, -0.15) is 0 Å². The van der Waals surface area contributed by atoms with Gasteiger partial charge in [0.25, 0.3) is 5.91 Å². The maximum absolute atomic E-state index is 12.3. The highest BCUT2D eigenvalue weighted by Gasteiger charge is 2.19. The van der Waals surface area contributed by atoms with Crippen molar-refractivity contribution in [1.29, 1.82) is 0 Å². The molecule has 3 N–H and O–H groups in total.